The summed E-state index contributed by atoms with van der Waals surface area (Å²) in [6.07, 6.45) is 5.42. The number of unbranched alkanes of at least 4 members (excludes halogenated alkanes) is 1. The quantitative estimate of drug-likeness (QED) is 0.103. The standard InChI is InChI=1S/C39H47ClN4O5/c1-3-5-17-30(24-36(41)45)44(23-4-2)39(48)34(20-13-22-37(46)49-27-28-14-7-6-8-15-28)42-38(47)32-26-43(35-21-12-10-18-31(32)35)25-29-16-9-11-19-33(29)40/h6-12,14-16,18-19,21,26,30,34H,3-5,13,17,20,22-25,27H2,1-2H3,(H2,41,45)(H,42,47)/t30-,34-/m0/s1. The zero-order chi connectivity index (χ0) is 35.2. The molecule has 3 N–H and O–H groups in total. The number of esters is 1. The third-order valence-corrected chi connectivity index (χ3v) is 8.94. The van der Waals surface area contributed by atoms with Crippen LogP contribution in [-0.2, 0) is 32.3 Å². The van der Waals surface area contributed by atoms with E-state index >= 15 is 0 Å². The van der Waals surface area contributed by atoms with E-state index in [4.69, 9.17) is 22.1 Å². The van der Waals surface area contributed by atoms with Gasteiger partial charge in [0.1, 0.15) is 12.6 Å². The lowest BCUT2D eigenvalue weighted by molar-refractivity contribution is -0.145. The van der Waals surface area contributed by atoms with Crippen molar-refractivity contribution in [2.24, 2.45) is 5.73 Å². The summed E-state index contributed by atoms with van der Waals surface area (Å²) < 4.78 is 7.43. The second kappa shape index (κ2) is 18.8. The highest BCUT2D eigenvalue weighted by atomic mass is 35.5. The van der Waals surface area contributed by atoms with Crippen LogP contribution in [0.5, 0.6) is 0 Å². The number of ether oxygens (including phenoxy) is 1. The molecule has 4 aromatic rings. The van der Waals surface area contributed by atoms with Gasteiger partial charge in [-0.05, 0) is 48.9 Å². The number of fused-ring (bicyclic) bond motifs is 1. The lowest BCUT2D eigenvalue weighted by Gasteiger charge is -2.34. The summed E-state index contributed by atoms with van der Waals surface area (Å²) in [5.41, 5.74) is 8.69. The van der Waals surface area contributed by atoms with Crippen LogP contribution in [0.3, 0.4) is 0 Å². The first-order chi connectivity index (χ1) is 23.7. The fraction of sp³-hybridized carbons (Fsp3) is 0.385. The third-order valence-electron chi connectivity index (χ3n) is 8.57. The van der Waals surface area contributed by atoms with Crippen LogP contribution in [0, 0.1) is 0 Å². The molecular formula is C39H47ClN4O5. The minimum absolute atomic E-state index is 0.0355. The van der Waals surface area contributed by atoms with Crippen LogP contribution in [0.4, 0.5) is 0 Å². The van der Waals surface area contributed by atoms with Gasteiger partial charge in [0.05, 0.1) is 5.56 Å². The van der Waals surface area contributed by atoms with Crippen LogP contribution in [0.25, 0.3) is 10.9 Å². The van der Waals surface area contributed by atoms with Crippen LogP contribution < -0.4 is 11.1 Å². The topological polar surface area (TPSA) is 124 Å². The minimum atomic E-state index is -0.941. The van der Waals surface area contributed by atoms with Crippen molar-refractivity contribution < 1.29 is 23.9 Å². The predicted molar refractivity (Wildman–Crippen MR) is 193 cm³/mol. The molecule has 0 radical (unpaired) electrons. The minimum Gasteiger partial charge on any atom is -0.461 e. The van der Waals surface area contributed by atoms with Crippen LogP contribution in [0.1, 0.15) is 86.7 Å². The Bertz CT molecular complexity index is 1710. The Labute approximate surface area is 293 Å². The van der Waals surface area contributed by atoms with Gasteiger partial charge in [-0.15, -0.1) is 0 Å². The number of nitrogens with one attached hydrogen (secondary N) is 1. The third kappa shape index (κ3) is 10.7. The van der Waals surface area contributed by atoms with E-state index in [0.717, 1.165) is 34.9 Å². The molecule has 0 aliphatic rings. The smallest absolute Gasteiger partial charge is 0.306 e. The Morgan fingerprint density at radius 3 is 2.33 bits per heavy atom. The van der Waals surface area contributed by atoms with Crippen LogP contribution in [0.15, 0.2) is 85.1 Å². The second-order valence-electron chi connectivity index (χ2n) is 12.3. The normalized spacial score (nSPS) is 12.3. The van der Waals surface area contributed by atoms with E-state index < -0.39 is 23.9 Å². The number of hydrogen-bond acceptors (Lipinski definition) is 5. The van der Waals surface area contributed by atoms with E-state index in [2.05, 4.69) is 12.2 Å². The molecule has 0 saturated carbocycles. The molecule has 49 heavy (non-hydrogen) atoms. The number of halogens is 1. The van der Waals surface area contributed by atoms with E-state index in [0.29, 0.717) is 42.9 Å². The number of carbonyl (C=O) groups is 4. The summed E-state index contributed by atoms with van der Waals surface area (Å²) in [6.45, 7) is 5.04. The van der Waals surface area contributed by atoms with Gasteiger partial charge in [-0.1, -0.05) is 105 Å². The number of para-hydroxylation sites is 1. The van der Waals surface area contributed by atoms with Crippen molar-refractivity contribution in [3.63, 3.8) is 0 Å². The van der Waals surface area contributed by atoms with E-state index in [1.807, 2.05) is 90.4 Å². The highest BCUT2D eigenvalue weighted by molar-refractivity contribution is 6.31. The summed E-state index contributed by atoms with van der Waals surface area (Å²) in [4.78, 5) is 54.8. The molecule has 0 aliphatic carbocycles. The van der Waals surface area contributed by atoms with E-state index in [9.17, 15) is 19.2 Å². The summed E-state index contributed by atoms with van der Waals surface area (Å²) in [5.74, 6) is -1.57. The molecule has 0 aliphatic heterocycles. The van der Waals surface area contributed by atoms with E-state index in [-0.39, 0.29) is 37.7 Å². The number of carbonyl (C=O) groups excluding carboxylic acids is 4. The van der Waals surface area contributed by atoms with E-state index in [1.54, 1.807) is 11.1 Å². The summed E-state index contributed by atoms with van der Waals surface area (Å²) >= 11 is 6.47. The Hall–Kier alpha value is -4.63. The maximum Gasteiger partial charge on any atom is 0.306 e. The molecule has 1 aromatic heterocycles. The summed E-state index contributed by atoms with van der Waals surface area (Å²) in [7, 11) is 0. The zero-order valence-corrected chi connectivity index (χ0v) is 29.2. The number of nitrogens with zero attached hydrogens (tertiary/aromatic N) is 2. The van der Waals surface area contributed by atoms with Gasteiger partial charge in [0, 0.05) is 54.1 Å². The summed E-state index contributed by atoms with van der Waals surface area (Å²) in [6, 6.07) is 23.3. The number of rotatable bonds is 19. The number of nitrogens with two attached hydrogens (primary N) is 1. The van der Waals surface area contributed by atoms with Crippen molar-refractivity contribution in [3.05, 3.63) is 107 Å². The highest BCUT2D eigenvalue weighted by Crippen LogP contribution is 2.25. The molecule has 260 valence electrons. The van der Waals surface area contributed by atoms with Gasteiger partial charge >= 0.3 is 5.97 Å². The van der Waals surface area contributed by atoms with Gasteiger partial charge in [-0.3, -0.25) is 19.2 Å². The largest absolute Gasteiger partial charge is 0.461 e. The molecule has 0 unspecified atom stereocenters. The SMILES string of the molecule is CCCC[C@@H](CC(N)=O)N(CCC)C(=O)[C@H](CCCC(=O)OCc1ccccc1)NC(=O)c1cn(Cc2ccccc2Cl)c2ccccc12. The fourth-order valence-corrected chi connectivity index (χ4v) is 6.27. The highest BCUT2D eigenvalue weighted by Gasteiger charge is 2.32. The van der Waals surface area contributed by atoms with Gasteiger partial charge in [-0.25, -0.2) is 0 Å². The molecule has 0 spiro atoms. The Balaban J connectivity index is 1.58. The predicted octanol–water partition coefficient (Wildman–Crippen LogP) is 7.03. The van der Waals surface area contributed by atoms with Crippen molar-refractivity contribution in [1.82, 2.24) is 14.8 Å². The Morgan fingerprint density at radius 1 is 0.898 bits per heavy atom. The molecule has 2 atom stereocenters. The zero-order valence-electron chi connectivity index (χ0n) is 28.4. The van der Waals surface area contributed by atoms with Gasteiger partial charge in [0.25, 0.3) is 5.91 Å². The maximum absolute atomic E-state index is 14.3. The van der Waals surface area contributed by atoms with Gasteiger partial charge in [-0.2, -0.15) is 0 Å². The van der Waals surface area contributed by atoms with Crippen LogP contribution in [0.2, 0.25) is 5.02 Å². The van der Waals surface area contributed by atoms with Crippen LogP contribution in [-0.4, -0.2) is 51.8 Å². The second-order valence-corrected chi connectivity index (χ2v) is 12.7. The molecule has 0 fully saturated rings. The lowest BCUT2D eigenvalue weighted by atomic mass is 10.0. The first kappa shape index (κ1) is 37.2. The molecule has 0 bridgehead atoms. The molecule has 3 amide bonds. The number of amides is 3. The molecule has 10 heteroatoms. The van der Waals surface area contributed by atoms with Crippen molar-refractivity contribution in [2.75, 3.05) is 6.54 Å². The van der Waals surface area contributed by atoms with Crippen molar-refractivity contribution in [2.45, 2.75) is 90.4 Å². The number of aromatic nitrogens is 1. The number of primary amides is 1. The average Bonchev–Trinajstić information content (AvgIpc) is 3.47. The molecule has 1 heterocycles. The Morgan fingerprint density at radius 2 is 1.61 bits per heavy atom. The average molecular weight is 687 g/mol. The van der Waals surface area contributed by atoms with Crippen molar-refractivity contribution in [1.29, 1.82) is 0 Å². The number of benzene rings is 3. The van der Waals surface area contributed by atoms with Crippen molar-refractivity contribution in [3.8, 4) is 0 Å². The molecule has 0 saturated heterocycles. The monoisotopic (exact) mass is 686 g/mol. The first-order valence-corrected chi connectivity index (χ1v) is 17.5. The Kier molecular flexibility index (Phi) is 14.3. The maximum atomic E-state index is 14.3. The molecule has 9 nitrogen and oxygen atoms in total. The molecular weight excluding hydrogens is 640 g/mol. The molecule has 3 aromatic carbocycles. The first-order valence-electron chi connectivity index (χ1n) is 17.1. The van der Waals surface area contributed by atoms with Crippen LogP contribution >= 0.6 is 11.6 Å². The van der Waals surface area contributed by atoms with Gasteiger partial charge in [0.2, 0.25) is 11.8 Å². The lowest BCUT2D eigenvalue weighted by Crippen LogP contribution is -2.53. The summed E-state index contributed by atoms with van der Waals surface area (Å²) in [5, 5.41) is 4.38. The number of hydrogen-bond donors (Lipinski definition) is 2. The van der Waals surface area contributed by atoms with Gasteiger partial charge in [0.15, 0.2) is 0 Å². The molecule has 4 rings (SSSR count). The van der Waals surface area contributed by atoms with E-state index in [1.165, 1.54) is 0 Å². The fourth-order valence-electron chi connectivity index (χ4n) is 6.08. The van der Waals surface area contributed by atoms with Crippen molar-refractivity contribution >= 4 is 46.2 Å². The van der Waals surface area contributed by atoms with Gasteiger partial charge < -0.3 is 25.3 Å².